The van der Waals surface area contributed by atoms with Gasteiger partial charge in [-0.3, -0.25) is 4.79 Å². The van der Waals surface area contributed by atoms with Crippen molar-refractivity contribution in [3.8, 4) is 0 Å². The number of nitrogens with one attached hydrogen (secondary N) is 1. The fraction of sp³-hybridized carbons (Fsp3) is 0.154. The molecular weight excluding hydrogens is 282 g/mol. The molecule has 0 aliphatic rings. The SMILES string of the molecule is [N-]=[N+]=NCc1ccc(C(=O)NCc2c(F)cccc2F)o1. The Kier molecular flexibility index (Phi) is 4.53. The van der Waals surface area contributed by atoms with E-state index in [1.807, 2.05) is 0 Å². The second kappa shape index (κ2) is 6.53. The summed E-state index contributed by atoms with van der Waals surface area (Å²) in [6.45, 7) is -0.324. The van der Waals surface area contributed by atoms with E-state index >= 15 is 0 Å². The lowest BCUT2D eigenvalue weighted by Crippen LogP contribution is -2.23. The first-order valence-electron chi connectivity index (χ1n) is 5.92. The average Bonchev–Trinajstić information content (AvgIpc) is 2.93. The molecule has 0 fully saturated rings. The summed E-state index contributed by atoms with van der Waals surface area (Å²) in [5.74, 6) is -1.81. The Morgan fingerprint density at radius 1 is 1.29 bits per heavy atom. The number of hydrogen-bond donors (Lipinski definition) is 1. The number of furan rings is 1. The summed E-state index contributed by atoms with van der Waals surface area (Å²) in [5.41, 5.74) is 7.94. The Balaban J connectivity index is 2.01. The monoisotopic (exact) mass is 292 g/mol. The maximum atomic E-state index is 13.4. The highest BCUT2D eigenvalue weighted by Crippen LogP contribution is 2.13. The number of benzene rings is 1. The lowest BCUT2D eigenvalue weighted by atomic mass is 10.2. The Labute approximate surface area is 118 Å². The van der Waals surface area contributed by atoms with Gasteiger partial charge in [-0.05, 0) is 29.8 Å². The van der Waals surface area contributed by atoms with E-state index in [0.717, 1.165) is 12.1 Å². The molecule has 0 atom stereocenters. The summed E-state index contributed by atoms with van der Waals surface area (Å²) < 4.78 is 31.9. The second-order valence-corrected chi connectivity index (χ2v) is 4.04. The number of rotatable bonds is 5. The Bertz CT molecular complexity index is 688. The van der Waals surface area contributed by atoms with Crippen LogP contribution < -0.4 is 5.32 Å². The van der Waals surface area contributed by atoms with Gasteiger partial charge in [0.05, 0.1) is 6.54 Å². The maximum Gasteiger partial charge on any atom is 0.287 e. The maximum absolute atomic E-state index is 13.4. The van der Waals surface area contributed by atoms with Crippen molar-refractivity contribution >= 4 is 5.91 Å². The Morgan fingerprint density at radius 2 is 2.00 bits per heavy atom. The van der Waals surface area contributed by atoms with E-state index < -0.39 is 17.5 Å². The molecule has 1 amide bonds. The molecule has 0 radical (unpaired) electrons. The predicted molar refractivity (Wildman–Crippen MR) is 69.1 cm³/mol. The summed E-state index contributed by atoms with van der Waals surface area (Å²) in [4.78, 5) is 14.3. The Hall–Kier alpha value is -2.86. The highest BCUT2D eigenvalue weighted by Gasteiger charge is 2.13. The normalized spacial score (nSPS) is 10.0. The fourth-order valence-corrected chi connectivity index (χ4v) is 1.64. The lowest BCUT2D eigenvalue weighted by molar-refractivity contribution is 0.0920. The molecule has 0 aliphatic carbocycles. The highest BCUT2D eigenvalue weighted by atomic mass is 19.1. The molecule has 0 spiro atoms. The quantitative estimate of drug-likeness (QED) is 0.520. The molecule has 108 valence electrons. The van der Waals surface area contributed by atoms with Crippen molar-refractivity contribution in [3.05, 3.63) is 69.5 Å². The molecule has 8 heteroatoms. The van der Waals surface area contributed by atoms with Gasteiger partial charge >= 0.3 is 0 Å². The molecule has 6 nitrogen and oxygen atoms in total. The number of carbonyl (C=O) groups is 1. The molecule has 0 saturated carbocycles. The third-order valence-corrected chi connectivity index (χ3v) is 2.66. The van der Waals surface area contributed by atoms with Crippen molar-refractivity contribution in [2.24, 2.45) is 5.11 Å². The molecular formula is C13H10F2N4O2. The van der Waals surface area contributed by atoms with Crippen molar-refractivity contribution < 1.29 is 18.0 Å². The van der Waals surface area contributed by atoms with Gasteiger partial charge in [0.2, 0.25) is 0 Å². The molecule has 1 heterocycles. The summed E-state index contributed by atoms with van der Waals surface area (Å²) >= 11 is 0. The zero-order chi connectivity index (χ0) is 15.2. The molecule has 0 unspecified atom stereocenters. The van der Waals surface area contributed by atoms with Gasteiger partial charge in [0.15, 0.2) is 5.76 Å². The van der Waals surface area contributed by atoms with E-state index in [2.05, 4.69) is 15.3 Å². The van der Waals surface area contributed by atoms with Crippen molar-refractivity contribution in [1.29, 1.82) is 0 Å². The van der Waals surface area contributed by atoms with Crippen LogP contribution >= 0.6 is 0 Å². The largest absolute Gasteiger partial charge is 0.456 e. The van der Waals surface area contributed by atoms with E-state index in [1.54, 1.807) is 0 Å². The van der Waals surface area contributed by atoms with Crippen LogP contribution in [0.5, 0.6) is 0 Å². The zero-order valence-corrected chi connectivity index (χ0v) is 10.7. The summed E-state index contributed by atoms with van der Waals surface area (Å²) in [6.07, 6.45) is 0. The molecule has 0 aliphatic heterocycles. The van der Waals surface area contributed by atoms with Crippen LogP contribution in [0.2, 0.25) is 0 Å². The van der Waals surface area contributed by atoms with Crippen LogP contribution in [0.4, 0.5) is 8.78 Å². The van der Waals surface area contributed by atoms with Gasteiger partial charge in [0.25, 0.3) is 5.91 Å². The molecule has 0 bridgehead atoms. The number of hydrogen-bond acceptors (Lipinski definition) is 3. The number of azide groups is 1. The minimum atomic E-state index is -0.737. The molecule has 2 rings (SSSR count). The third kappa shape index (κ3) is 3.58. The molecule has 1 N–H and O–H groups in total. The van der Waals surface area contributed by atoms with E-state index in [9.17, 15) is 13.6 Å². The summed E-state index contributed by atoms with van der Waals surface area (Å²) in [6, 6.07) is 6.32. The molecule has 1 aromatic heterocycles. The topological polar surface area (TPSA) is 91.0 Å². The van der Waals surface area contributed by atoms with Gasteiger partial charge in [-0.1, -0.05) is 11.2 Å². The standard InChI is InChI=1S/C13H10F2N4O2/c14-10-2-1-3-11(15)9(10)7-17-13(20)12-5-4-8(21-12)6-18-19-16/h1-5H,6-7H2,(H,17,20). The number of nitrogens with zero attached hydrogens (tertiary/aromatic N) is 3. The van der Waals surface area contributed by atoms with Gasteiger partial charge < -0.3 is 9.73 Å². The smallest absolute Gasteiger partial charge is 0.287 e. The van der Waals surface area contributed by atoms with Crippen LogP contribution in [-0.4, -0.2) is 5.91 Å². The van der Waals surface area contributed by atoms with Gasteiger partial charge in [-0.25, -0.2) is 8.78 Å². The van der Waals surface area contributed by atoms with E-state index in [-0.39, 0.29) is 24.4 Å². The number of halogens is 2. The van der Waals surface area contributed by atoms with E-state index in [4.69, 9.17) is 9.95 Å². The number of carbonyl (C=O) groups excluding carboxylic acids is 1. The van der Waals surface area contributed by atoms with Crippen LogP contribution in [0, 0.1) is 11.6 Å². The minimum Gasteiger partial charge on any atom is -0.456 e. The van der Waals surface area contributed by atoms with E-state index in [0.29, 0.717) is 5.76 Å². The summed E-state index contributed by atoms with van der Waals surface area (Å²) in [7, 11) is 0. The third-order valence-electron chi connectivity index (χ3n) is 2.66. The van der Waals surface area contributed by atoms with E-state index in [1.165, 1.54) is 18.2 Å². The van der Waals surface area contributed by atoms with Gasteiger partial charge in [0.1, 0.15) is 17.4 Å². The van der Waals surface area contributed by atoms with Crippen molar-refractivity contribution in [2.75, 3.05) is 0 Å². The van der Waals surface area contributed by atoms with Gasteiger partial charge in [-0.15, -0.1) is 0 Å². The zero-order valence-electron chi connectivity index (χ0n) is 10.7. The minimum absolute atomic E-state index is 0.0221. The fourth-order valence-electron chi connectivity index (χ4n) is 1.64. The molecule has 2 aromatic rings. The molecule has 1 aromatic carbocycles. The van der Waals surface area contributed by atoms with Crippen LogP contribution in [0.25, 0.3) is 10.4 Å². The average molecular weight is 292 g/mol. The van der Waals surface area contributed by atoms with Crippen molar-refractivity contribution in [2.45, 2.75) is 13.1 Å². The first-order chi connectivity index (χ1) is 10.1. The molecule has 0 saturated heterocycles. The Morgan fingerprint density at radius 3 is 2.67 bits per heavy atom. The van der Waals surface area contributed by atoms with Crippen molar-refractivity contribution in [3.63, 3.8) is 0 Å². The van der Waals surface area contributed by atoms with Gasteiger partial charge in [0, 0.05) is 17.0 Å². The van der Waals surface area contributed by atoms with Crippen LogP contribution in [0.3, 0.4) is 0 Å². The first-order valence-corrected chi connectivity index (χ1v) is 5.92. The van der Waals surface area contributed by atoms with Crippen LogP contribution in [0.15, 0.2) is 39.9 Å². The summed E-state index contributed by atoms with van der Waals surface area (Å²) in [5, 5.41) is 5.64. The number of amides is 1. The van der Waals surface area contributed by atoms with Crippen LogP contribution in [-0.2, 0) is 13.1 Å². The highest BCUT2D eigenvalue weighted by molar-refractivity contribution is 5.91. The first kappa shape index (κ1) is 14.5. The van der Waals surface area contributed by atoms with Gasteiger partial charge in [-0.2, -0.15) is 0 Å². The van der Waals surface area contributed by atoms with Crippen LogP contribution in [0.1, 0.15) is 21.9 Å². The van der Waals surface area contributed by atoms with Crippen molar-refractivity contribution in [1.82, 2.24) is 5.32 Å². The molecule has 21 heavy (non-hydrogen) atoms. The predicted octanol–water partition coefficient (Wildman–Crippen LogP) is 3.30. The second-order valence-electron chi connectivity index (χ2n) is 4.04. The lowest BCUT2D eigenvalue weighted by Gasteiger charge is -2.05.